The first-order valence-corrected chi connectivity index (χ1v) is 10.4. The summed E-state index contributed by atoms with van der Waals surface area (Å²) in [5.41, 5.74) is 0.301. The highest BCUT2D eigenvalue weighted by Crippen LogP contribution is 2.25. The molecule has 2 aromatic rings. The molecule has 27 heavy (non-hydrogen) atoms. The van der Waals surface area contributed by atoms with Crippen LogP contribution in [0.2, 0.25) is 5.02 Å². The number of para-hydroxylation sites is 1. The number of nitrogens with one attached hydrogen (secondary N) is 2. The Morgan fingerprint density at radius 2 is 1.70 bits per heavy atom. The van der Waals surface area contributed by atoms with Crippen LogP contribution in [0, 0.1) is 5.92 Å². The van der Waals surface area contributed by atoms with Crippen molar-refractivity contribution in [3.05, 3.63) is 53.6 Å². The van der Waals surface area contributed by atoms with E-state index in [1.165, 1.54) is 24.3 Å². The van der Waals surface area contributed by atoms with E-state index in [4.69, 9.17) is 16.3 Å². The smallest absolute Gasteiger partial charge is 0.261 e. The van der Waals surface area contributed by atoms with Gasteiger partial charge in [-0.3, -0.25) is 9.52 Å². The molecule has 2 aromatic carbocycles. The number of halogens is 1. The van der Waals surface area contributed by atoms with Crippen LogP contribution < -0.4 is 14.8 Å². The summed E-state index contributed by atoms with van der Waals surface area (Å²) in [5.74, 6) is 0.524. The zero-order valence-corrected chi connectivity index (χ0v) is 17.0. The minimum atomic E-state index is -3.78. The van der Waals surface area contributed by atoms with Gasteiger partial charge in [0.15, 0.2) is 6.10 Å². The van der Waals surface area contributed by atoms with Crippen LogP contribution in [0.3, 0.4) is 0 Å². The van der Waals surface area contributed by atoms with E-state index >= 15 is 0 Å². The molecule has 0 fully saturated rings. The molecule has 6 nitrogen and oxygen atoms in total. The second-order valence-corrected chi connectivity index (χ2v) is 8.55. The normalized spacial score (nSPS) is 12.5. The van der Waals surface area contributed by atoms with Crippen molar-refractivity contribution >= 4 is 33.2 Å². The van der Waals surface area contributed by atoms with Crippen molar-refractivity contribution < 1.29 is 17.9 Å². The van der Waals surface area contributed by atoms with Gasteiger partial charge in [0.05, 0.1) is 15.6 Å². The first-order chi connectivity index (χ1) is 12.7. The Morgan fingerprint density at radius 3 is 2.30 bits per heavy atom. The third-order valence-electron chi connectivity index (χ3n) is 3.62. The summed E-state index contributed by atoms with van der Waals surface area (Å²) < 4.78 is 32.9. The number of carbonyl (C=O) groups is 1. The van der Waals surface area contributed by atoms with E-state index in [2.05, 4.69) is 10.0 Å². The van der Waals surface area contributed by atoms with Gasteiger partial charge in [0.25, 0.3) is 15.9 Å². The molecule has 0 aliphatic heterocycles. The van der Waals surface area contributed by atoms with E-state index in [0.717, 1.165) is 0 Å². The number of ether oxygens (including phenoxy) is 1. The van der Waals surface area contributed by atoms with Gasteiger partial charge in [0.1, 0.15) is 5.75 Å². The maximum absolute atomic E-state index is 12.5. The number of anilines is 1. The highest BCUT2D eigenvalue weighted by atomic mass is 35.5. The molecule has 0 radical (unpaired) electrons. The minimum absolute atomic E-state index is 0.0617. The fourth-order valence-corrected chi connectivity index (χ4v) is 3.47. The molecule has 2 rings (SSSR count). The van der Waals surface area contributed by atoms with Crippen LogP contribution in [-0.2, 0) is 14.8 Å². The van der Waals surface area contributed by atoms with E-state index in [-0.39, 0.29) is 10.8 Å². The highest BCUT2D eigenvalue weighted by Gasteiger charge is 2.17. The van der Waals surface area contributed by atoms with Crippen molar-refractivity contribution in [2.24, 2.45) is 5.92 Å². The summed E-state index contributed by atoms with van der Waals surface area (Å²) in [6, 6.07) is 12.4. The molecular formula is C19H23ClN2O4S. The fourth-order valence-electron chi connectivity index (χ4n) is 2.15. The predicted molar refractivity (Wildman–Crippen MR) is 107 cm³/mol. The topological polar surface area (TPSA) is 84.5 Å². The predicted octanol–water partition coefficient (Wildman–Crippen LogP) is 3.68. The Morgan fingerprint density at radius 1 is 1.07 bits per heavy atom. The van der Waals surface area contributed by atoms with Gasteiger partial charge in [-0.25, -0.2) is 8.42 Å². The molecule has 0 aromatic heterocycles. The van der Waals surface area contributed by atoms with Gasteiger partial charge in [-0.1, -0.05) is 37.6 Å². The summed E-state index contributed by atoms with van der Waals surface area (Å²) in [5, 5.41) is 3.10. The Hall–Kier alpha value is -2.25. The van der Waals surface area contributed by atoms with Gasteiger partial charge in [0.2, 0.25) is 0 Å². The van der Waals surface area contributed by atoms with Crippen LogP contribution in [0.1, 0.15) is 20.8 Å². The van der Waals surface area contributed by atoms with Crippen molar-refractivity contribution in [3.8, 4) is 5.75 Å². The van der Waals surface area contributed by atoms with Crippen LogP contribution >= 0.6 is 11.6 Å². The third-order valence-corrected chi connectivity index (χ3v) is 5.33. The zero-order chi connectivity index (χ0) is 20.0. The molecule has 1 atom stereocenters. The Labute approximate surface area is 164 Å². The summed E-state index contributed by atoms with van der Waals surface area (Å²) in [4.78, 5) is 12.0. The molecule has 0 spiro atoms. The summed E-state index contributed by atoms with van der Waals surface area (Å²) in [6.07, 6.45) is -0.688. The third kappa shape index (κ3) is 6.15. The van der Waals surface area contributed by atoms with Crippen molar-refractivity contribution in [1.29, 1.82) is 0 Å². The number of carbonyl (C=O) groups excluding carboxylic acids is 1. The average Bonchev–Trinajstić information content (AvgIpc) is 2.62. The standard InChI is InChI=1S/C19H23ClN2O4S/c1-13(2)12-21-19(23)14(3)26-15-8-10-16(11-9-15)27(24,25)22-18-7-5-4-6-17(18)20/h4-11,13-14,22H,12H2,1-3H3,(H,21,23)/t14-/m1/s1. The number of hydrogen-bond donors (Lipinski definition) is 2. The van der Waals surface area contributed by atoms with Crippen LogP contribution in [0.4, 0.5) is 5.69 Å². The molecule has 0 unspecified atom stereocenters. The first kappa shape index (κ1) is 21.1. The lowest BCUT2D eigenvalue weighted by Gasteiger charge is -2.16. The van der Waals surface area contributed by atoms with E-state index in [1.807, 2.05) is 13.8 Å². The van der Waals surface area contributed by atoms with Crippen molar-refractivity contribution in [3.63, 3.8) is 0 Å². The van der Waals surface area contributed by atoms with Gasteiger partial charge in [-0.2, -0.15) is 0 Å². The lowest BCUT2D eigenvalue weighted by atomic mass is 10.2. The maximum atomic E-state index is 12.5. The van der Waals surface area contributed by atoms with Crippen molar-refractivity contribution in [2.45, 2.75) is 31.8 Å². The van der Waals surface area contributed by atoms with Gasteiger partial charge in [-0.05, 0) is 49.2 Å². The van der Waals surface area contributed by atoms with E-state index in [0.29, 0.717) is 28.9 Å². The molecule has 2 N–H and O–H groups in total. The molecule has 0 aliphatic carbocycles. The monoisotopic (exact) mass is 410 g/mol. The van der Waals surface area contributed by atoms with E-state index in [9.17, 15) is 13.2 Å². The molecule has 146 valence electrons. The zero-order valence-electron chi connectivity index (χ0n) is 15.4. The van der Waals surface area contributed by atoms with Crippen LogP contribution in [0.5, 0.6) is 5.75 Å². The molecule has 0 saturated carbocycles. The molecule has 0 saturated heterocycles. The minimum Gasteiger partial charge on any atom is -0.481 e. The Balaban J connectivity index is 2.03. The van der Waals surface area contributed by atoms with Gasteiger partial charge in [0, 0.05) is 6.54 Å². The van der Waals surface area contributed by atoms with Crippen molar-refractivity contribution in [1.82, 2.24) is 5.32 Å². The van der Waals surface area contributed by atoms with Gasteiger partial charge >= 0.3 is 0 Å². The number of amides is 1. The lowest BCUT2D eigenvalue weighted by molar-refractivity contribution is -0.127. The molecule has 0 aliphatic rings. The number of hydrogen-bond acceptors (Lipinski definition) is 4. The Kier molecular flexibility index (Phi) is 7.10. The fraction of sp³-hybridized carbons (Fsp3) is 0.316. The first-order valence-electron chi connectivity index (χ1n) is 8.51. The lowest BCUT2D eigenvalue weighted by Crippen LogP contribution is -2.38. The summed E-state index contributed by atoms with van der Waals surface area (Å²) in [7, 11) is -3.78. The quantitative estimate of drug-likeness (QED) is 0.695. The maximum Gasteiger partial charge on any atom is 0.261 e. The van der Waals surface area contributed by atoms with Gasteiger partial charge in [-0.15, -0.1) is 0 Å². The molecule has 0 bridgehead atoms. The number of benzene rings is 2. The number of rotatable bonds is 8. The molecular weight excluding hydrogens is 388 g/mol. The highest BCUT2D eigenvalue weighted by molar-refractivity contribution is 7.92. The molecule has 0 heterocycles. The van der Waals surface area contributed by atoms with Crippen LogP contribution in [0.15, 0.2) is 53.4 Å². The largest absolute Gasteiger partial charge is 0.481 e. The Bertz CT molecular complexity index is 883. The second-order valence-electron chi connectivity index (χ2n) is 6.46. The van der Waals surface area contributed by atoms with Gasteiger partial charge < -0.3 is 10.1 Å². The summed E-state index contributed by atoms with van der Waals surface area (Å²) >= 11 is 5.99. The van der Waals surface area contributed by atoms with E-state index < -0.39 is 16.1 Å². The SMILES string of the molecule is CC(C)CNC(=O)[C@@H](C)Oc1ccc(S(=O)(=O)Nc2ccccc2Cl)cc1. The van der Waals surface area contributed by atoms with E-state index in [1.54, 1.807) is 31.2 Å². The molecule has 1 amide bonds. The van der Waals surface area contributed by atoms with Crippen LogP contribution in [0.25, 0.3) is 0 Å². The van der Waals surface area contributed by atoms with Crippen LogP contribution in [-0.4, -0.2) is 27.0 Å². The average molecular weight is 411 g/mol. The molecule has 8 heteroatoms. The van der Waals surface area contributed by atoms with Crippen molar-refractivity contribution in [2.75, 3.05) is 11.3 Å². The second kappa shape index (κ2) is 9.10. The number of sulfonamides is 1. The summed E-state index contributed by atoms with van der Waals surface area (Å²) in [6.45, 7) is 6.21.